The van der Waals surface area contributed by atoms with E-state index < -0.39 is 0 Å². The molecule has 0 saturated heterocycles. The molecule has 0 spiro atoms. The normalized spacial score (nSPS) is 15.1. The number of halogens is 1. The second-order valence-electron chi connectivity index (χ2n) is 6.56. The molecule has 4 nitrogen and oxygen atoms in total. The Labute approximate surface area is 144 Å². The summed E-state index contributed by atoms with van der Waals surface area (Å²) >= 11 is 0. The number of hydrogen-bond acceptors (Lipinski definition) is 2. The third kappa shape index (κ3) is 2.35. The molecule has 126 valence electrons. The summed E-state index contributed by atoms with van der Waals surface area (Å²) in [5, 5.41) is 0.919. The molecule has 2 amide bonds. The van der Waals surface area contributed by atoms with Crippen LogP contribution >= 0.6 is 0 Å². The van der Waals surface area contributed by atoms with E-state index in [1.54, 1.807) is 37.3 Å². The summed E-state index contributed by atoms with van der Waals surface area (Å²) in [5.74, 6) is -0.834. The van der Waals surface area contributed by atoms with Crippen molar-refractivity contribution in [1.29, 1.82) is 0 Å². The molecule has 1 aliphatic rings. The van der Waals surface area contributed by atoms with Crippen molar-refractivity contribution in [2.45, 2.75) is 19.8 Å². The fourth-order valence-corrected chi connectivity index (χ4v) is 3.46. The van der Waals surface area contributed by atoms with E-state index in [1.165, 1.54) is 11.0 Å². The number of H-pyrrole nitrogens is 1. The van der Waals surface area contributed by atoms with Crippen LogP contribution in [-0.2, 0) is 0 Å². The molecule has 1 N–H and O–H groups in total. The number of rotatable bonds is 3. The van der Waals surface area contributed by atoms with Crippen LogP contribution < -0.4 is 0 Å². The van der Waals surface area contributed by atoms with Gasteiger partial charge in [-0.1, -0.05) is 19.1 Å². The van der Waals surface area contributed by atoms with E-state index in [2.05, 4.69) is 4.98 Å². The lowest BCUT2D eigenvalue weighted by molar-refractivity contribution is 0.0646. The molecule has 0 fully saturated rings. The first-order valence-electron chi connectivity index (χ1n) is 8.19. The van der Waals surface area contributed by atoms with Crippen LogP contribution in [0.5, 0.6) is 0 Å². The minimum atomic E-state index is -0.256. The average molecular weight is 336 g/mol. The number of benzene rings is 2. The van der Waals surface area contributed by atoms with Crippen LogP contribution in [0.25, 0.3) is 10.9 Å². The monoisotopic (exact) mass is 336 g/mol. The molecule has 2 aromatic carbocycles. The van der Waals surface area contributed by atoms with Crippen LogP contribution in [0.2, 0.25) is 0 Å². The van der Waals surface area contributed by atoms with Crippen LogP contribution in [0.1, 0.15) is 44.7 Å². The van der Waals surface area contributed by atoms with E-state index in [9.17, 15) is 14.0 Å². The Bertz CT molecular complexity index is 987. The highest BCUT2D eigenvalue weighted by Gasteiger charge is 2.36. The number of nitrogens with zero attached hydrogens (tertiary/aromatic N) is 1. The van der Waals surface area contributed by atoms with Crippen LogP contribution in [0.15, 0.2) is 42.6 Å². The van der Waals surface area contributed by atoms with Crippen molar-refractivity contribution in [1.82, 2.24) is 9.88 Å². The summed E-state index contributed by atoms with van der Waals surface area (Å²) in [6.45, 7) is 3.97. The molecule has 0 aliphatic carbocycles. The molecule has 0 unspecified atom stereocenters. The van der Waals surface area contributed by atoms with Crippen molar-refractivity contribution >= 4 is 22.7 Å². The number of carbonyl (C=O) groups is 2. The number of fused-ring (bicyclic) bond motifs is 2. The van der Waals surface area contributed by atoms with Gasteiger partial charge in [0.15, 0.2) is 0 Å². The Morgan fingerprint density at radius 2 is 1.76 bits per heavy atom. The largest absolute Gasteiger partial charge is 0.361 e. The lowest BCUT2D eigenvalue weighted by Gasteiger charge is -2.19. The number of imide groups is 1. The van der Waals surface area contributed by atoms with Crippen molar-refractivity contribution in [2.75, 3.05) is 6.54 Å². The first-order valence-corrected chi connectivity index (χ1v) is 8.19. The zero-order chi connectivity index (χ0) is 17.7. The predicted octanol–water partition coefficient (Wildman–Crippen LogP) is 4.02. The van der Waals surface area contributed by atoms with E-state index >= 15 is 0 Å². The zero-order valence-electron chi connectivity index (χ0n) is 14.0. The number of aryl methyl sites for hydroxylation is 1. The average Bonchev–Trinajstić information content (AvgIpc) is 3.10. The molecule has 1 aliphatic heterocycles. The first kappa shape index (κ1) is 15.6. The maximum atomic E-state index is 13.7. The van der Waals surface area contributed by atoms with E-state index in [-0.39, 0.29) is 30.1 Å². The summed E-state index contributed by atoms with van der Waals surface area (Å²) in [5.41, 5.74) is 3.16. The Balaban J connectivity index is 1.65. The maximum absolute atomic E-state index is 13.7. The van der Waals surface area contributed by atoms with Gasteiger partial charge in [0.25, 0.3) is 11.8 Å². The molecule has 0 radical (unpaired) electrons. The molecule has 1 aromatic heterocycles. The molecule has 0 bridgehead atoms. The van der Waals surface area contributed by atoms with Crippen molar-refractivity contribution in [3.8, 4) is 0 Å². The van der Waals surface area contributed by atoms with Crippen molar-refractivity contribution in [2.24, 2.45) is 0 Å². The van der Waals surface area contributed by atoms with Crippen molar-refractivity contribution in [3.05, 3.63) is 70.7 Å². The van der Waals surface area contributed by atoms with E-state index in [4.69, 9.17) is 0 Å². The number of carbonyl (C=O) groups excluding carboxylic acids is 2. The number of aromatic amines is 1. The van der Waals surface area contributed by atoms with Gasteiger partial charge in [0.2, 0.25) is 0 Å². The molecule has 3 aromatic rings. The van der Waals surface area contributed by atoms with Crippen LogP contribution in [0.3, 0.4) is 0 Å². The molecule has 25 heavy (non-hydrogen) atoms. The van der Waals surface area contributed by atoms with Gasteiger partial charge >= 0.3 is 0 Å². The first-order chi connectivity index (χ1) is 12.0. The van der Waals surface area contributed by atoms with Gasteiger partial charge in [0, 0.05) is 29.6 Å². The second kappa shape index (κ2) is 5.55. The van der Waals surface area contributed by atoms with Crippen LogP contribution in [-0.4, -0.2) is 28.2 Å². The highest BCUT2D eigenvalue weighted by Crippen LogP contribution is 2.30. The molecule has 1 atom stereocenters. The summed E-state index contributed by atoms with van der Waals surface area (Å²) in [6.07, 6.45) is 1.83. The second-order valence-corrected chi connectivity index (χ2v) is 6.56. The Kier molecular flexibility index (Phi) is 3.46. The molecule has 0 saturated carbocycles. The maximum Gasteiger partial charge on any atom is 0.261 e. The lowest BCUT2D eigenvalue weighted by atomic mass is 9.99. The van der Waals surface area contributed by atoms with Gasteiger partial charge in [-0.05, 0) is 42.3 Å². The van der Waals surface area contributed by atoms with Gasteiger partial charge in [-0.25, -0.2) is 4.39 Å². The Hall–Kier alpha value is -2.95. The number of nitrogens with one attached hydrogen (secondary N) is 1. The van der Waals surface area contributed by atoms with Gasteiger partial charge in [0.1, 0.15) is 5.82 Å². The zero-order valence-corrected chi connectivity index (χ0v) is 14.0. The summed E-state index contributed by atoms with van der Waals surface area (Å²) in [7, 11) is 0. The Morgan fingerprint density at radius 3 is 2.40 bits per heavy atom. The van der Waals surface area contributed by atoms with Crippen LogP contribution in [0, 0.1) is 12.7 Å². The Morgan fingerprint density at radius 1 is 1.12 bits per heavy atom. The van der Waals surface area contributed by atoms with Crippen LogP contribution in [0.4, 0.5) is 4.39 Å². The third-order valence-electron chi connectivity index (χ3n) is 4.86. The molecular weight excluding hydrogens is 319 g/mol. The van der Waals surface area contributed by atoms with E-state index in [0.717, 1.165) is 10.9 Å². The third-order valence-corrected chi connectivity index (χ3v) is 4.86. The minimum absolute atomic E-state index is 0.0687. The highest BCUT2D eigenvalue weighted by atomic mass is 19.1. The van der Waals surface area contributed by atoms with Crippen molar-refractivity contribution in [3.63, 3.8) is 0 Å². The topological polar surface area (TPSA) is 53.2 Å². The molecular formula is C20H17FN2O2. The molecule has 5 heteroatoms. The highest BCUT2D eigenvalue weighted by molar-refractivity contribution is 6.21. The fraction of sp³-hybridized carbons (Fsp3) is 0.200. The van der Waals surface area contributed by atoms with Gasteiger partial charge in [-0.3, -0.25) is 14.5 Å². The van der Waals surface area contributed by atoms with E-state index in [1.807, 2.05) is 13.1 Å². The van der Waals surface area contributed by atoms with E-state index in [0.29, 0.717) is 22.2 Å². The summed E-state index contributed by atoms with van der Waals surface area (Å²) in [6, 6.07) is 10.1. The molecule has 2 heterocycles. The minimum Gasteiger partial charge on any atom is -0.361 e. The van der Waals surface area contributed by atoms with Gasteiger partial charge in [-0.15, -0.1) is 0 Å². The number of hydrogen-bond donors (Lipinski definition) is 1. The lowest BCUT2D eigenvalue weighted by Crippen LogP contribution is -2.33. The molecule has 4 rings (SSSR count). The number of amides is 2. The SMILES string of the molecule is Cc1cc2c([C@@H](C)CN3C(=O)c4ccccc4C3=O)c[nH]c2cc1F. The van der Waals surface area contributed by atoms with Gasteiger partial charge in [-0.2, -0.15) is 0 Å². The summed E-state index contributed by atoms with van der Waals surface area (Å²) in [4.78, 5) is 29.4. The van der Waals surface area contributed by atoms with Crippen molar-refractivity contribution < 1.29 is 14.0 Å². The number of aromatic nitrogens is 1. The van der Waals surface area contributed by atoms with Gasteiger partial charge < -0.3 is 4.98 Å². The quantitative estimate of drug-likeness (QED) is 0.735. The standard InChI is InChI=1S/C20H17FN2O2/c1-11-7-15-16(9-22-18(15)8-17(11)21)12(2)10-23-19(24)13-5-3-4-6-14(13)20(23)25/h3-9,12,22H,10H2,1-2H3/t12-/m0/s1. The predicted molar refractivity (Wildman–Crippen MR) is 93.2 cm³/mol. The fourth-order valence-electron chi connectivity index (χ4n) is 3.46. The smallest absolute Gasteiger partial charge is 0.261 e. The summed E-state index contributed by atoms with van der Waals surface area (Å²) < 4.78 is 13.7. The van der Waals surface area contributed by atoms with Gasteiger partial charge in [0.05, 0.1) is 11.1 Å².